The monoisotopic (exact) mass is 357 g/mol. The van der Waals surface area contributed by atoms with Gasteiger partial charge in [0.25, 0.3) is 0 Å². The van der Waals surface area contributed by atoms with Crippen LogP contribution in [0, 0.1) is 13.8 Å². The third-order valence-electron chi connectivity index (χ3n) is 4.80. The second-order valence-corrected chi connectivity index (χ2v) is 6.49. The molecular formula is C19H23N3O4. The molecule has 1 fully saturated rings. The number of piperazine rings is 1. The largest absolute Gasteiger partial charge is 0.504 e. The van der Waals surface area contributed by atoms with Crippen molar-refractivity contribution in [2.24, 2.45) is 0 Å². The van der Waals surface area contributed by atoms with E-state index in [4.69, 9.17) is 0 Å². The summed E-state index contributed by atoms with van der Waals surface area (Å²) in [7, 11) is 0. The lowest BCUT2D eigenvalue weighted by atomic mass is 10.1. The highest BCUT2D eigenvalue weighted by Crippen LogP contribution is 2.37. The molecule has 3 rings (SSSR count). The first-order valence-electron chi connectivity index (χ1n) is 8.49. The van der Waals surface area contributed by atoms with Crippen LogP contribution in [0.15, 0.2) is 30.3 Å². The molecule has 2 aromatic carbocycles. The molecule has 7 heteroatoms. The molecule has 0 aliphatic carbocycles. The Morgan fingerprint density at radius 1 is 1.00 bits per heavy atom. The molecule has 7 nitrogen and oxygen atoms in total. The van der Waals surface area contributed by atoms with Gasteiger partial charge in [-0.15, -0.1) is 0 Å². The van der Waals surface area contributed by atoms with E-state index in [-0.39, 0.29) is 11.7 Å². The maximum atomic E-state index is 12.4. The predicted octanol–water partition coefficient (Wildman–Crippen LogP) is 2.77. The van der Waals surface area contributed by atoms with Gasteiger partial charge in [-0.05, 0) is 31.0 Å². The fraction of sp³-hybridized carbons (Fsp3) is 0.316. The number of urea groups is 1. The second-order valence-electron chi connectivity index (χ2n) is 6.49. The van der Waals surface area contributed by atoms with Crippen LogP contribution in [0.1, 0.15) is 11.1 Å². The molecule has 26 heavy (non-hydrogen) atoms. The van der Waals surface area contributed by atoms with Crippen molar-refractivity contribution >= 4 is 17.4 Å². The van der Waals surface area contributed by atoms with E-state index < -0.39 is 17.2 Å². The number of anilines is 2. The zero-order valence-corrected chi connectivity index (χ0v) is 14.9. The standard InChI is InChI=1S/C19H23N3O4/c1-12-4-3-5-15(13(12)2)21-6-8-22(9-7-21)19(26)20-14-10-16(23)18(25)17(24)11-14/h3-5,10-11,23-25H,6-9H2,1-2H3,(H,20,26). The molecule has 0 bridgehead atoms. The summed E-state index contributed by atoms with van der Waals surface area (Å²) in [5, 5.41) is 31.1. The van der Waals surface area contributed by atoms with Gasteiger partial charge in [-0.3, -0.25) is 0 Å². The Kier molecular flexibility index (Phi) is 4.79. The molecule has 0 radical (unpaired) electrons. The number of phenols is 3. The van der Waals surface area contributed by atoms with Crippen LogP contribution < -0.4 is 10.2 Å². The molecule has 0 atom stereocenters. The molecule has 138 valence electrons. The van der Waals surface area contributed by atoms with Gasteiger partial charge in [-0.1, -0.05) is 12.1 Å². The van der Waals surface area contributed by atoms with E-state index >= 15 is 0 Å². The number of amides is 2. The molecular weight excluding hydrogens is 334 g/mol. The summed E-state index contributed by atoms with van der Waals surface area (Å²) in [4.78, 5) is 16.4. The van der Waals surface area contributed by atoms with Crippen LogP contribution in [0.5, 0.6) is 17.2 Å². The Labute approximate surface area is 152 Å². The molecule has 0 aromatic heterocycles. The Hall–Kier alpha value is -3.09. The first-order chi connectivity index (χ1) is 12.4. The van der Waals surface area contributed by atoms with Gasteiger partial charge in [-0.2, -0.15) is 0 Å². The summed E-state index contributed by atoms with van der Waals surface area (Å²) in [6.45, 7) is 6.77. The summed E-state index contributed by atoms with van der Waals surface area (Å²) in [5.41, 5.74) is 3.91. The fourth-order valence-electron chi connectivity index (χ4n) is 3.11. The van der Waals surface area contributed by atoms with Crippen molar-refractivity contribution in [3.8, 4) is 17.2 Å². The summed E-state index contributed by atoms with van der Waals surface area (Å²) in [5.74, 6) is -1.58. The molecule has 1 saturated heterocycles. The number of nitrogens with one attached hydrogen (secondary N) is 1. The van der Waals surface area contributed by atoms with Crippen molar-refractivity contribution in [3.05, 3.63) is 41.5 Å². The highest BCUT2D eigenvalue weighted by Gasteiger charge is 2.23. The molecule has 1 aliphatic heterocycles. The highest BCUT2D eigenvalue weighted by molar-refractivity contribution is 5.90. The number of aromatic hydroxyl groups is 3. The summed E-state index contributed by atoms with van der Waals surface area (Å²) in [6.07, 6.45) is 0. The lowest BCUT2D eigenvalue weighted by molar-refractivity contribution is 0.208. The van der Waals surface area contributed by atoms with Gasteiger partial charge in [-0.25, -0.2) is 4.79 Å². The number of phenolic OH excluding ortho intramolecular Hbond substituents is 3. The summed E-state index contributed by atoms with van der Waals surface area (Å²) >= 11 is 0. The minimum atomic E-state index is -0.606. The van der Waals surface area contributed by atoms with Gasteiger partial charge in [0.1, 0.15) is 0 Å². The van der Waals surface area contributed by atoms with Gasteiger partial charge >= 0.3 is 6.03 Å². The van der Waals surface area contributed by atoms with Crippen molar-refractivity contribution in [2.45, 2.75) is 13.8 Å². The Balaban J connectivity index is 1.63. The van der Waals surface area contributed by atoms with Crippen LogP contribution >= 0.6 is 0 Å². The first-order valence-corrected chi connectivity index (χ1v) is 8.49. The molecule has 1 heterocycles. The average molecular weight is 357 g/mol. The molecule has 0 spiro atoms. The maximum Gasteiger partial charge on any atom is 0.321 e. The zero-order chi connectivity index (χ0) is 18.8. The molecule has 2 amide bonds. The Morgan fingerprint density at radius 3 is 2.23 bits per heavy atom. The Bertz CT molecular complexity index is 807. The Morgan fingerprint density at radius 2 is 1.62 bits per heavy atom. The smallest absolute Gasteiger partial charge is 0.321 e. The van der Waals surface area contributed by atoms with Crippen molar-refractivity contribution in [1.82, 2.24) is 4.90 Å². The van der Waals surface area contributed by atoms with Crippen LogP contribution in [0.3, 0.4) is 0 Å². The van der Waals surface area contributed by atoms with Crippen molar-refractivity contribution < 1.29 is 20.1 Å². The van der Waals surface area contributed by atoms with Crippen molar-refractivity contribution in [1.29, 1.82) is 0 Å². The van der Waals surface area contributed by atoms with Crippen molar-refractivity contribution in [3.63, 3.8) is 0 Å². The maximum absolute atomic E-state index is 12.4. The van der Waals surface area contributed by atoms with Gasteiger partial charge in [0, 0.05) is 44.0 Å². The van der Waals surface area contributed by atoms with E-state index in [2.05, 4.69) is 36.2 Å². The van der Waals surface area contributed by atoms with Gasteiger partial charge in [0.2, 0.25) is 0 Å². The normalized spacial score (nSPS) is 14.4. The van der Waals surface area contributed by atoms with Crippen LogP contribution in [-0.2, 0) is 0 Å². The predicted molar refractivity (Wildman–Crippen MR) is 100 cm³/mol. The zero-order valence-electron chi connectivity index (χ0n) is 14.9. The molecule has 4 N–H and O–H groups in total. The third-order valence-corrected chi connectivity index (χ3v) is 4.80. The summed E-state index contributed by atoms with van der Waals surface area (Å²) in [6, 6.07) is 8.31. The van der Waals surface area contributed by atoms with Gasteiger partial charge in [0.05, 0.1) is 5.69 Å². The fourth-order valence-corrected chi connectivity index (χ4v) is 3.11. The number of carbonyl (C=O) groups is 1. The van der Waals surface area contributed by atoms with Gasteiger partial charge in [0.15, 0.2) is 17.2 Å². The minimum absolute atomic E-state index is 0.222. The van der Waals surface area contributed by atoms with Gasteiger partial charge < -0.3 is 30.4 Å². The van der Waals surface area contributed by atoms with Crippen LogP contribution in [0.25, 0.3) is 0 Å². The number of aryl methyl sites for hydroxylation is 1. The number of carbonyl (C=O) groups excluding carboxylic acids is 1. The number of hydrogen-bond donors (Lipinski definition) is 4. The number of nitrogens with zero attached hydrogens (tertiary/aromatic N) is 2. The quantitative estimate of drug-likeness (QED) is 0.490. The second kappa shape index (κ2) is 7.03. The lowest BCUT2D eigenvalue weighted by Crippen LogP contribution is -2.50. The average Bonchev–Trinajstić information content (AvgIpc) is 2.62. The summed E-state index contributed by atoms with van der Waals surface area (Å²) < 4.78 is 0. The van der Waals surface area contributed by atoms with E-state index in [0.717, 1.165) is 13.1 Å². The number of benzene rings is 2. The lowest BCUT2D eigenvalue weighted by Gasteiger charge is -2.37. The van der Waals surface area contributed by atoms with Crippen LogP contribution in [-0.4, -0.2) is 52.4 Å². The van der Waals surface area contributed by atoms with E-state index in [1.807, 2.05) is 6.07 Å². The SMILES string of the molecule is Cc1cccc(N2CCN(C(=O)Nc3cc(O)c(O)c(O)c3)CC2)c1C. The topological polar surface area (TPSA) is 96.3 Å². The third kappa shape index (κ3) is 3.46. The van der Waals surface area contributed by atoms with Crippen LogP contribution in [0.2, 0.25) is 0 Å². The molecule has 2 aromatic rings. The molecule has 1 aliphatic rings. The minimum Gasteiger partial charge on any atom is -0.504 e. The van der Waals surface area contributed by atoms with Crippen LogP contribution in [0.4, 0.5) is 16.2 Å². The first kappa shape index (κ1) is 17.7. The highest BCUT2D eigenvalue weighted by atomic mass is 16.3. The van der Waals surface area contributed by atoms with Crippen molar-refractivity contribution in [2.75, 3.05) is 36.4 Å². The van der Waals surface area contributed by atoms with E-state index in [0.29, 0.717) is 13.1 Å². The number of hydrogen-bond acceptors (Lipinski definition) is 5. The van der Waals surface area contributed by atoms with E-state index in [1.54, 1.807) is 4.90 Å². The molecule has 0 saturated carbocycles. The van der Waals surface area contributed by atoms with E-state index in [1.165, 1.54) is 28.9 Å². The number of rotatable bonds is 2. The molecule has 0 unspecified atom stereocenters. The van der Waals surface area contributed by atoms with E-state index in [9.17, 15) is 20.1 Å².